The number of halogens is 2. The summed E-state index contributed by atoms with van der Waals surface area (Å²) in [5.74, 6) is 0. The first kappa shape index (κ1) is 9.16. The molecule has 0 aliphatic heterocycles. The molecule has 0 spiro atoms. The Bertz CT molecular complexity index is 275. The summed E-state index contributed by atoms with van der Waals surface area (Å²) in [6, 6.07) is 5.85. The molecule has 0 saturated carbocycles. The summed E-state index contributed by atoms with van der Waals surface area (Å²) in [6.45, 7) is 0. The molecule has 0 aliphatic carbocycles. The number of hydrogen-bond acceptors (Lipinski definition) is 1. The molecule has 0 radical (unpaired) electrons. The third-order valence-corrected chi connectivity index (χ3v) is 2.41. The summed E-state index contributed by atoms with van der Waals surface area (Å²) in [6.07, 6.45) is 0. The average Bonchev–Trinajstić information content (AvgIpc) is 1.95. The first-order valence-electron chi connectivity index (χ1n) is 2.89. The van der Waals surface area contributed by atoms with Gasteiger partial charge in [0, 0.05) is 8.95 Å². The van der Waals surface area contributed by atoms with Crippen LogP contribution in [0.4, 0.5) is 5.69 Å². The Morgan fingerprint density at radius 1 is 1.36 bits per heavy atom. The average molecular weight is 295 g/mol. The van der Waals surface area contributed by atoms with E-state index in [1.54, 1.807) is 0 Å². The van der Waals surface area contributed by atoms with Gasteiger partial charge in [-0.3, -0.25) is 0 Å². The highest BCUT2D eigenvalue weighted by Gasteiger charge is 1.96. The smallest absolute Gasteiger partial charge is 0.0659 e. The van der Waals surface area contributed by atoms with Gasteiger partial charge in [0.15, 0.2) is 0 Å². The first-order valence-corrected chi connectivity index (χ1v) is 4.95. The molecule has 0 aromatic heterocycles. The monoisotopic (exact) mass is 293 g/mol. The van der Waals surface area contributed by atoms with E-state index in [1.165, 1.54) is 5.49 Å². The third-order valence-electron chi connectivity index (χ3n) is 1.15. The van der Waals surface area contributed by atoms with Crippen LogP contribution in [-0.2, 0) is 0 Å². The van der Waals surface area contributed by atoms with Gasteiger partial charge in [-0.1, -0.05) is 28.1 Å². The third kappa shape index (κ3) is 2.54. The zero-order chi connectivity index (χ0) is 8.27. The van der Waals surface area contributed by atoms with Gasteiger partial charge in [-0.2, -0.15) is 0 Å². The molecule has 58 valence electrons. The molecule has 0 atom stereocenters. The van der Waals surface area contributed by atoms with E-state index in [4.69, 9.17) is 0 Å². The Labute approximate surface area is 87.4 Å². The SMILES string of the molecule is S=CNc1ccc(Br)cc1Br. The van der Waals surface area contributed by atoms with Gasteiger partial charge in [0.1, 0.15) is 0 Å². The molecular weight excluding hydrogens is 290 g/mol. The number of hydrogen-bond donors (Lipinski definition) is 1. The minimum atomic E-state index is 0.975. The van der Waals surface area contributed by atoms with Crippen molar-refractivity contribution in [2.75, 3.05) is 5.32 Å². The summed E-state index contributed by atoms with van der Waals surface area (Å²) >= 11 is 11.4. The minimum absolute atomic E-state index is 0.975. The zero-order valence-corrected chi connectivity index (χ0v) is 9.46. The van der Waals surface area contributed by atoms with Gasteiger partial charge < -0.3 is 5.32 Å². The van der Waals surface area contributed by atoms with Crippen LogP contribution in [0.2, 0.25) is 0 Å². The molecule has 11 heavy (non-hydrogen) atoms. The summed E-state index contributed by atoms with van der Waals surface area (Å²) in [5.41, 5.74) is 2.46. The van der Waals surface area contributed by atoms with Gasteiger partial charge in [-0.05, 0) is 34.1 Å². The predicted molar refractivity (Wildman–Crippen MR) is 59.1 cm³/mol. The van der Waals surface area contributed by atoms with Gasteiger partial charge in [0.25, 0.3) is 0 Å². The van der Waals surface area contributed by atoms with Crippen molar-refractivity contribution in [2.45, 2.75) is 0 Å². The van der Waals surface area contributed by atoms with Crippen LogP contribution in [0.25, 0.3) is 0 Å². The number of nitrogens with one attached hydrogen (secondary N) is 1. The lowest BCUT2D eigenvalue weighted by molar-refractivity contribution is 1.58. The Kier molecular flexibility index (Phi) is 3.48. The van der Waals surface area contributed by atoms with Gasteiger partial charge in [-0.15, -0.1) is 0 Å². The van der Waals surface area contributed by atoms with Crippen LogP contribution in [-0.4, -0.2) is 5.49 Å². The molecule has 1 nitrogen and oxygen atoms in total. The topological polar surface area (TPSA) is 12.0 Å². The van der Waals surface area contributed by atoms with Crippen molar-refractivity contribution in [3.63, 3.8) is 0 Å². The molecule has 0 aliphatic rings. The normalized spacial score (nSPS) is 9.27. The molecule has 0 saturated heterocycles. The van der Waals surface area contributed by atoms with Crippen LogP contribution in [0.15, 0.2) is 27.1 Å². The van der Waals surface area contributed by atoms with Crippen molar-refractivity contribution in [1.29, 1.82) is 0 Å². The Morgan fingerprint density at radius 3 is 2.64 bits per heavy atom. The Hall–Kier alpha value is 0.0700. The molecular formula is C7H5Br2NS. The highest BCUT2D eigenvalue weighted by atomic mass is 79.9. The molecule has 0 heterocycles. The Morgan fingerprint density at radius 2 is 2.09 bits per heavy atom. The second-order valence-corrected chi connectivity index (χ2v) is 3.89. The first-order chi connectivity index (χ1) is 5.24. The fourth-order valence-electron chi connectivity index (χ4n) is 0.670. The van der Waals surface area contributed by atoms with Crippen LogP contribution in [0.1, 0.15) is 0 Å². The van der Waals surface area contributed by atoms with Crippen molar-refractivity contribution in [3.05, 3.63) is 27.1 Å². The van der Waals surface area contributed by atoms with Crippen molar-refractivity contribution in [3.8, 4) is 0 Å². The lowest BCUT2D eigenvalue weighted by Gasteiger charge is -2.02. The van der Waals surface area contributed by atoms with E-state index in [0.717, 1.165) is 14.6 Å². The maximum absolute atomic E-state index is 4.66. The number of anilines is 1. The van der Waals surface area contributed by atoms with E-state index in [9.17, 15) is 0 Å². The molecule has 0 fully saturated rings. The van der Waals surface area contributed by atoms with E-state index in [-0.39, 0.29) is 0 Å². The maximum Gasteiger partial charge on any atom is 0.0659 e. The minimum Gasteiger partial charge on any atom is -0.352 e. The van der Waals surface area contributed by atoms with Crippen molar-refractivity contribution in [1.82, 2.24) is 0 Å². The number of benzene rings is 1. The summed E-state index contributed by atoms with van der Waals surface area (Å²) in [5, 5.41) is 2.93. The van der Waals surface area contributed by atoms with Crippen LogP contribution >= 0.6 is 44.1 Å². The van der Waals surface area contributed by atoms with Gasteiger partial charge in [0.2, 0.25) is 0 Å². The fraction of sp³-hybridized carbons (Fsp3) is 0. The van der Waals surface area contributed by atoms with Crippen LogP contribution in [0.5, 0.6) is 0 Å². The Balaban J connectivity index is 2.98. The predicted octanol–water partition coefficient (Wildman–Crippen LogP) is 3.58. The second kappa shape index (κ2) is 4.18. The molecule has 1 aromatic carbocycles. The molecule has 4 heteroatoms. The van der Waals surface area contributed by atoms with Gasteiger partial charge in [0.05, 0.1) is 11.2 Å². The maximum atomic E-state index is 4.66. The summed E-state index contributed by atoms with van der Waals surface area (Å²) in [7, 11) is 0. The van der Waals surface area contributed by atoms with Crippen LogP contribution < -0.4 is 5.32 Å². The van der Waals surface area contributed by atoms with E-state index in [1.807, 2.05) is 18.2 Å². The van der Waals surface area contributed by atoms with E-state index in [2.05, 4.69) is 49.4 Å². The molecule has 0 bridgehead atoms. The molecule has 0 amide bonds. The zero-order valence-electron chi connectivity index (χ0n) is 5.47. The van der Waals surface area contributed by atoms with E-state index >= 15 is 0 Å². The van der Waals surface area contributed by atoms with Crippen molar-refractivity contribution >= 4 is 55.3 Å². The lowest BCUT2D eigenvalue weighted by atomic mass is 10.3. The van der Waals surface area contributed by atoms with Crippen molar-refractivity contribution < 1.29 is 0 Å². The molecule has 1 aromatic rings. The lowest BCUT2D eigenvalue weighted by Crippen LogP contribution is -1.92. The standard InChI is InChI=1S/C7H5Br2NS/c8-5-1-2-7(10-4-11)6(9)3-5/h1-4H,(H,10,11). The van der Waals surface area contributed by atoms with Crippen LogP contribution in [0.3, 0.4) is 0 Å². The van der Waals surface area contributed by atoms with E-state index < -0.39 is 0 Å². The number of thiocarbonyl (C=S) groups is 1. The molecule has 0 unspecified atom stereocenters. The molecule has 1 N–H and O–H groups in total. The van der Waals surface area contributed by atoms with Gasteiger partial charge in [-0.25, -0.2) is 0 Å². The van der Waals surface area contributed by atoms with Crippen LogP contribution in [0, 0.1) is 0 Å². The van der Waals surface area contributed by atoms with Crippen molar-refractivity contribution in [2.24, 2.45) is 0 Å². The highest BCUT2D eigenvalue weighted by Crippen LogP contribution is 2.25. The molecule has 1 rings (SSSR count). The van der Waals surface area contributed by atoms with E-state index in [0.29, 0.717) is 0 Å². The highest BCUT2D eigenvalue weighted by molar-refractivity contribution is 9.11. The largest absolute Gasteiger partial charge is 0.352 e. The quantitative estimate of drug-likeness (QED) is 0.837. The number of rotatable bonds is 2. The summed E-state index contributed by atoms with van der Waals surface area (Å²) in [4.78, 5) is 0. The van der Waals surface area contributed by atoms with Gasteiger partial charge >= 0.3 is 0 Å². The summed E-state index contributed by atoms with van der Waals surface area (Å²) < 4.78 is 2.03. The second-order valence-electron chi connectivity index (χ2n) is 1.89. The fourth-order valence-corrected chi connectivity index (χ4v) is 1.96.